The summed E-state index contributed by atoms with van der Waals surface area (Å²) < 4.78 is 1.15. The molecule has 0 aromatic heterocycles. The molecule has 0 aliphatic carbocycles. The summed E-state index contributed by atoms with van der Waals surface area (Å²) in [6.07, 6.45) is 0.713. The van der Waals surface area contributed by atoms with Gasteiger partial charge in [0.25, 0.3) is 0 Å². The van der Waals surface area contributed by atoms with E-state index >= 15 is 0 Å². The molecule has 25 heavy (non-hydrogen) atoms. The first-order valence-corrected chi connectivity index (χ1v) is 9.34. The first-order chi connectivity index (χ1) is 12.2. The van der Waals surface area contributed by atoms with Gasteiger partial charge in [-0.15, -0.1) is 0 Å². The number of carbonyl (C=O) groups is 1. The third-order valence-electron chi connectivity index (χ3n) is 4.53. The summed E-state index contributed by atoms with van der Waals surface area (Å²) in [5.74, 6) is -0.0172. The third-order valence-corrected chi connectivity index (χ3v) is 5.25. The molecule has 3 aromatic rings. The van der Waals surface area contributed by atoms with Crippen molar-refractivity contribution >= 4 is 45.0 Å². The normalized spacial score (nSPS) is 19.9. The Bertz CT molecular complexity index is 905. The Morgan fingerprint density at radius 1 is 0.960 bits per heavy atom. The topological polar surface area (TPSA) is 53.2 Å². The van der Waals surface area contributed by atoms with Gasteiger partial charge in [0.15, 0.2) is 0 Å². The van der Waals surface area contributed by atoms with Crippen LogP contribution in [0.5, 0.6) is 0 Å². The molecule has 3 N–H and O–H groups in total. The van der Waals surface area contributed by atoms with E-state index in [1.54, 1.807) is 0 Å². The van der Waals surface area contributed by atoms with Crippen molar-refractivity contribution in [3.8, 4) is 0 Å². The number of halogens is 1. The number of benzene rings is 3. The average molecular weight is 443 g/mol. The minimum Gasteiger partial charge on any atom is -0.325 e. The largest absolute Gasteiger partial charge is 0.325 e. The fourth-order valence-corrected chi connectivity index (χ4v) is 3.61. The number of rotatable bonds is 3. The second kappa shape index (κ2) is 7.11. The van der Waals surface area contributed by atoms with E-state index in [2.05, 4.69) is 75.2 Å². The second-order valence-corrected chi connectivity index (χ2v) is 7.44. The van der Waals surface area contributed by atoms with Gasteiger partial charge in [0.2, 0.25) is 5.91 Å². The Kier molecular flexibility index (Phi) is 4.70. The van der Waals surface area contributed by atoms with Crippen LogP contribution in [0.3, 0.4) is 0 Å². The summed E-state index contributed by atoms with van der Waals surface area (Å²) in [6, 6.07) is 22.3. The molecule has 1 fully saturated rings. The number of hydrazine groups is 1. The van der Waals surface area contributed by atoms with Crippen LogP contribution in [0.1, 0.15) is 18.0 Å². The highest BCUT2D eigenvalue weighted by atomic mass is 127. The van der Waals surface area contributed by atoms with Crippen LogP contribution in [0, 0.1) is 3.57 Å². The third kappa shape index (κ3) is 3.53. The Balaban J connectivity index is 1.49. The minimum atomic E-state index is -0.261. The van der Waals surface area contributed by atoms with Gasteiger partial charge >= 0.3 is 0 Å². The molecule has 4 nitrogen and oxygen atoms in total. The number of anilines is 1. The van der Waals surface area contributed by atoms with E-state index in [9.17, 15) is 4.79 Å². The van der Waals surface area contributed by atoms with E-state index in [-0.39, 0.29) is 18.0 Å². The Labute approximate surface area is 160 Å². The lowest BCUT2D eigenvalue weighted by Gasteiger charge is -2.13. The van der Waals surface area contributed by atoms with Crippen LogP contribution in [0.4, 0.5) is 5.69 Å². The highest BCUT2D eigenvalue weighted by molar-refractivity contribution is 14.1. The number of fused-ring (bicyclic) bond motifs is 1. The van der Waals surface area contributed by atoms with Gasteiger partial charge in [-0.05, 0) is 69.6 Å². The van der Waals surface area contributed by atoms with Gasteiger partial charge in [-0.2, -0.15) is 0 Å². The van der Waals surface area contributed by atoms with Crippen LogP contribution >= 0.6 is 22.6 Å². The number of carbonyl (C=O) groups excluding carboxylic acids is 1. The lowest BCUT2D eigenvalue weighted by atomic mass is 9.96. The van der Waals surface area contributed by atoms with E-state index in [0.717, 1.165) is 9.26 Å². The van der Waals surface area contributed by atoms with E-state index in [1.807, 2.05) is 30.3 Å². The molecule has 1 amide bonds. The molecular formula is C20H18IN3O. The molecule has 0 radical (unpaired) electrons. The summed E-state index contributed by atoms with van der Waals surface area (Å²) in [6.45, 7) is 0. The monoisotopic (exact) mass is 443 g/mol. The summed E-state index contributed by atoms with van der Waals surface area (Å²) >= 11 is 2.25. The average Bonchev–Trinajstić information content (AvgIpc) is 3.13. The van der Waals surface area contributed by atoms with Crippen molar-refractivity contribution in [2.24, 2.45) is 0 Å². The molecule has 0 spiro atoms. The summed E-state index contributed by atoms with van der Waals surface area (Å²) in [5.41, 5.74) is 8.45. The van der Waals surface area contributed by atoms with Gasteiger partial charge < -0.3 is 5.32 Å². The van der Waals surface area contributed by atoms with Crippen LogP contribution in [0.15, 0.2) is 66.7 Å². The maximum absolute atomic E-state index is 12.5. The molecular weight excluding hydrogens is 425 g/mol. The van der Waals surface area contributed by atoms with Crippen molar-refractivity contribution in [2.75, 3.05) is 5.32 Å². The lowest BCUT2D eigenvalue weighted by molar-refractivity contribution is -0.117. The van der Waals surface area contributed by atoms with Gasteiger partial charge in [-0.1, -0.05) is 42.5 Å². The molecule has 3 aromatic carbocycles. The molecule has 5 heteroatoms. The van der Waals surface area contributed by atoms with E-state index in [0.29, 0.717) is 6.42 Å². The van der Waals surface area contributed by atoms with E-state index in [4.69, 9.17) is 0 Å². The van der Waals surface area contributed by atoms with E-state index in [1.165, 1.54) is 16.3 Å². The van der Waals surface area contributed by atoms with Crippen molar-refractivity contribution in [3.63, 3.8) is 0 Å². The minimum absolute atomic E-state index is 0.0172. The summed E-state index contributed by atoms with van der Waals surface area (Å²) in [4.78, 5) is 12.5. The Morgan fingerprint density at radius 3 is 2.56 bits per heavy atom. The molecule has 1 saturated heterocycles. The zero-order valence-electron chi connectivity index (χ0n) is 13.5. The smallest absolute Gasteiger partial charge is 0.242 e. The summed E-state index contributed by atoms with van der Waals surface area (Å²) in [7, 11) is 0. The van der Waals surface area contributed by atoms with Crippen molar-refractivity contribution in [1.29, 1.82) is 0 Å². The van der Waals surface area contributed by atoms with Gasteiger partial charge in [-0.25, -0.2) is 10.9 Å². The van der Waals surface area contributed by atoms with Crippen LogP contribution in [0.25, 0.3) is 10.8 Å². The Morgan fingerprint density at radius 2 is 1.72 bits per heavy atom. The molecule has 0 bridgehead atoms. The van der Waals surface area contributed by atoms with Gasteiger partial charge in [-0.3, -0.25) is 4.79 Å². The van der Waals surface area contributed by atoms with Crippen LogP contribution in [-0.4, -0.2) is 11.9 Å². The standard InChI is InChI=1S/C20H18IN3O/c21-14-8-10-15(11-9-14)22-20(25)19-12-18(23-24-19)17-7-3-5-13-4-1-2-6-16(13)17/h1-11,18-19,23-24H,12H2,(H,22,25). The van der Waals surface area contributed by atoms with E-state index < -0.39 is 0 Å². The number of hydrogen-bond acceptors (Lipinski definition) is 3. The van der Waals surface area contributed by atoms with Gasteiger partial charge in [0.1, 0.15) is 6.04 Å². The van der Waals surface area contributed by atoms with Crippen LogP contribution in [0.2, 0.25) is 0 Å². The zero-order chi connectivity index (χ0) is 17.2. The molecule has 2 atom stereocenters. The first-order valence-electron chi connectivity index (χ1n) is 8.26. The fraction of sp³-hybridized carbons (Fsp3) is 0.150. The predicted octanol–water partition coefficient (Wildman–Crippen LogP) is 3.99. The molecule has 0 saturated carbocycles. The van der Waals surface area contributed by atoms with Crippen molar-refractivity contribution in [1.82, 2.24) is 10.9 Å². The molecule has 2 unspecified atom stereocenters. The lowest BCUT2D eigenvalue weighted by Crippen LogP contribution is -2.39. The highest BCUT2D eigenvalue weighted by Gasteiger charge is 2.30. The SMILES string of the molecule is O=C(Nc1ccc(I)cc1)C1CC(c2cccc3ccccc23)NN1. The Hall–Kier alpha value is -1.96. The molecule has 126 valence electrons. The number of nitrogens with one attached hydrogen (secondary N) is 3. The maximum Gasteiger partial charge on any atom is 0.242 e. The molecule has 4 rings (SSSR count). The van der Waals surface area contributed by atoms with Crippen molar-refractivity contribution in [2.45, 2.75) is 18.5 Å². The maximum atomic E-state index is 12.5. The summed E-state index contributed by atoms with van der Waals surface area (Å²) in [5, 5.41) is 5.42. The number of hydrogen-bond donors (Lipinski definition) is 3. The van der Waals surface area contributed by atoms with Gasteiger partial charge in [0, 0.05) is 15.3 Å². The highest BCUT2D eigenvalue weighted by Crippen LogP contribution is 2.29. The fourth-order valence-electron chi connectivity index (χ4n) is 3.25. The quantitative estimate of drug-likeness (QED) is 0.537. The predicted molar refractivity (Wildman–Crippen MR) is 109 cm³/mol. The molecule has 1 aliphatic rings. The number of amides is 1. The second-order valence-electron chi connectivity index (χ2n) is 6.19. The van der Waals surface area contributed by atoms with Crippen molar-refractivity contribution < 1.29 is 4.79 Å². The molecule has 1 heterocycles. The van der Waals surface area contributed by atoms with Crippen molar-refractivity contribution in [3.05, 3.63) is 75.9 Å². The first kappa shape index (κ1) is 16.5. The van der Waals surface area contributed by atoms with Crippen LogP contribution < -0.4 is 16.2 Å². The van der Waals surface area contributed by atoms with Gasteiger partial charge in [0.05, 0.1) is 0 Å². The van der Waals surface area contributed by atoms with Crippen LogP contribution in [-0.2, 0) is 4.79 Å². The molecule has 1 aliphatic heterocycles. The zero-order valence-corrected chi connectivity index (χ0v) is 15.7.